The van der Waals surface area contributed by atoms with Crippen LogP contribution in [0.3, 0.4) is 0 Å². The van der Waals surface area contributed by atoms with Crippen molar-refractivity contribution < 1.29 is 14.3 Å². The summed E-state index contributed by atoms with van der Waals surface area (Å²) in [5.74, 6) is 0.733. The van der Waals surface area contributed by atoms with Crippen molar-refractivity contribution in [3.8, 4) is 5.75 Å². The number of nitrogens with one attached hydrogen (secondary N) is 1. The number of rotatable bonds is 4. The molecule has 2 aromatic rings. The van der Waals surface area contributed by atoms with Gasteiger partial charge in [-0.3, -0.25) is 0 Å². The number of ether oxygens (including phenoxy) is 2. The number of benzene rings is 1. The SMILES string of the molecule is COC(=O)c1ccnc(Nc2cc(OC)ccc2Cl)c1. The molecule has 0 amide bonds. The highest BCUT2D eigenvalue weighted by molar-refractivity contribution is 6.33. The van der Waals surface area contributed by atoms with Crippen molar-refractivity contribution in [3.05, 3.63) is 47.1 Å². The van der Waals surface area contributed by atoms with E-state index in [-0.39, 0.29) is 0 Å². The Hall–Kier alpha value is -2.27. The zero-order valence-corrected chi connectivity index (χ0v) is 11.8. The van der Waals surface area contributed by atoms with Gasteiger partial charge in [0.05, 0.1) is 30.5 Å². The molecule has 0 atom stereocenters. The van der Waals surface area contributed by atoms with Crippen molar-refractivity contribution in [2.45, 2.75) is 0 Å². The van der Waals surface area contributed by atoms with E-state index in [0.717, 1.165) is 0 Å². The fourth-order valence-corrected chi connectivity index (χ4v) is 1.77. The van der Waals surface area contributed by atoms with E-state index in [4.69, 9.17) is 16.3 Å². The number of carbonyl (C=O) groups is 1. The molecule has 0 saturated heterocycles. The van der Waals surface area contributed by atoms with Gasteiger partial charge in [-0.15, -0.1) is 0 Å². The van der Waals surface area contributed by atoms with E-state index in [0.29, 0.717) is 27.8 Å². The molecule has 0 saturated carbocycles. The number of pyridine rings is 1. The van der Waals surface area contributed by atoms with Gasteiger partial charge in [0, 0.05) is 12.3 Å². The minimum absolute atomic E-state index is 0.406. The third-order valence-electron chi connectivity index (χ3n) is 2.62. The van der Waals surface area contributed by atoms with Crippen molar-refractivity contribution in [1.29, 1.82) is 0 Å². The Bertz CT molecular complexity index is 632. The molecule has 5 nitrogen and oxygen atoms in total. The van der Waals surface area contributed by atoms with Gasteiger partial charge in [-0.1, -0.05) is 11.6 Å². The van der Waals surface area contributed by atoms with E-state index >= 15 is 0 Å². The maximum atomic E-state index is 11.5. The Morgan fingerprint density at radius 3 is 2.75 bits per heavy atom. The molecule has 0 radical (unpaired) electrons. The van der Waals surface area contributed by atoms with Crippen molar-refractivity contribution in [2.75, 3.05) is 19.5 Å². The monoisotopic (exact) mass is 292 g/mol. The molecule has 1 N–H and O–H groups in total. The van der Waals surface area contributed by atoms with Crippen LogP contribution in [0.4, 0.5) is 11.5 Å². The molecule has 1 heterocycles. The first-order valence-electron chi connectivity index (χ1n) is 5.79. The first kappa shape index (κ1) is 14.1. The minimum Gasteiger partial charge on any atom is -0.497 e. The van der Waals surface area contributed by atoms with Gasteiger partial charge >= 0.3 is 5.97 Å². The number of methoxy groups -OCH3 is 2. The fourth-order valence-electron chi connectivity index (χ4n) is 1.61. The molecule has 0 aliphatic carbocycles. The second-order valence-electron chi connectivity index (χ2n) is 3.89. The van der Waals surface area contributed by atoms with E-state index in [1.807, 2.05) is 0 Å². The van der Waals surface area contributed by atoms with Crippen molar-refractivity contribution in [1.82, 2.24) is 4.98 Å². The van der Waals surface area contributed by atoms with Crippen LogP contribution in [-0.4, -0.2) is 25.2 Å². The van der Waals surface area contributed by atoms with Gasteiger partial charge < -0.3 is 14.8 Å². The Morgan fingerprint density at radius 2 is 2.05 bits per heavy atom. The molecule has 0 aliphatic heterocycles. The second kappa shape index (κ2) is 6.25. The van der Waals surface area contributed by atoms with Gasteiger partial charge in [0.15, 0.2) is 0 Å². The first-order chi connectivity index (χ1) is 9.63. The topological polar surface area (TPSA) is 60.5 Å². The molecular formula is C14H13ClN2O3. The van der Waals surface area contributed by atoms with Gasteiger partial charge in [0.1, 0.15) is 11.6 Å². The molecule has 0 aliphatic rings. The number of esters is 1. The maximum Gasteiger partial charge on any atom is 0.338 e. The largest absolute Gasteiger partial charge is 0.497 e. The summed E-state index contributed by atoms with van der Waals surface area (Å²) in [6, 6.07) is 8.37. The van der Waals surface area contributed by atoms with Crippen LogP contribution in [0.1, 0.15) is 10.4 Å². The predicted molar refractivity (Wildman–Crippen MR) is 76.9 cm³/mol. The Morgan fingerprint density at radius 1 is 1.25 bits per heavy atom. The molecule has 0 spiro atoms. The lowest BCUT2D eigenvalue weighted by atomic mass is 10.2. The van der Waals surface area contributed by atoms with Gasteiger partial charge in [0.25, 0.3) is 0 Å². The zero-order chi connectivity index (χ0) is 14.5. The standard InChI is InChI=1S/C14H13ClN2O3/c1-19-10-3-4-11(15)12(8-10)17-13-7-9(5-6-16-13)14(18)20-2/h3-8H,1-2H3,(H,16,17). The summed E-state index contributed by atoms with van der Waals surface area (Å²) in [6.07, 6.45) is 1.52. The van der Waals surface area contributed by atoms with E-state index in [1.54, 1.807) is 37.4 Å². The van der Waals surface area contributed by atoms with Gasteiger partial charge in [-0.25, -0.2) is 9.78 Å². The number of nitrogens with zero attached hydrogens (tertiary/aromatic N) is 1. The molecular weight excluding hydrogens is 280 g/mol. The summed E-state index contributed by atoms with van der Waals surface area (Å²) >= 11 is 6.10. The Labute approximate surface area is 121 Å². The summed E-state index contributed by atoms with van der Waals surface area (Å²) in [5.41, 5.74) is 1.05. The smallest absolute Gasteiger partial charge is 0.338 e. The fraction of sp³-hybridized carbons (Fsp3) is 0.143. The van der Waals surface area contributed by atoms with Crippen molar-refractivity contribution in [3.63, 3.8) is 0 Å². The van der Waals surface area contributed by atoms with E-state index in [1.165, 1.54) is 13.3 Å². The predicted octanol–water partition coefficient (Wildman–Crippen LogP) is 3.27. The van der Waals surface area contributed by atoms with Gasteiger partial charge in [-0.05, 0) is 24.3 Å². The molecule has 1 aromatic carbocycles. The van der Waals surface area contributed by atoms with Crippen LogP contribution in [0.25, 0.3) is 0 Å². The normalized spacial score (nSPS) is 9.95. The van der Waals surface area contributed by atoms with E-state index in [2.05, 4.69) is 15.0 Å². The molecule has 104 valence electrons. The van der Waals surface area contributed by atoms with Crippen molar-refractivity contribution >= 4 is 29.1 Å². The third-order valence-corrected chi connectivity index (χ3v) is 2.95. The van der Waals surface area contributed by atoms with Crippen LogP contribution < -0.4 is 10.1 Å². The van der Waals surface area contributed by atoms with Crippen LogP contribution in [-0.2, 0) is 4.74 Å². The number of halogens is 1. The van der Waals surface area contributed by atoms with E-state index < -0.39 is 5.97 Å². The molecule has 20 heavy (non-hydrogen) atoms. The molecule has 6 heteroatoms. The van der Waals surface area contributed by atoms with Crippen LogP contribution in [0.5, 0.6) is 5.75 Å². The molecule has 0 unspecified atom stereocenters. The summed E-state index contributed by atoms with van der Waals surface area (Å²) in [6.45, 7) is 0. The summed E-state index contributed by atoms with van der Waals surface area (Å²) in [7, 11) is 2.90. The van der Waals surface area contributed by atoms with Gasteiger partial charge in [-0.2, -0.15) is 0 Å². The second-order valence-corrected chi connectivity index (χ2v) is 4.30. The summed E-state index contributed by atoms with van der Waals surface area (Å²) < 4.78 is 9.79. The molecule has 2 rings (SSSR count). The maximum absolute atomic E-state index is 11.5. The highest BCUT2D eigenvalue weighted by atomic mass is 35.5. The number of carbonyl (C=O) groups excluding carboxylic acids is 1. The molecule has 0 bridgehead atoms. The Kier molecular flexibility index (Phi) is 4.42. The lowest BCUT2D eigenvalue weighted by Gasteiger charge is -2.10. The van der Waals surface area contributed by atoms with E-state index in [9.17, 15) is 4.79 Å². The molecule has 0 fully saturated rings. The highest BCUT2D eigenvalue weighted by Crippen LogP contribution is 2.29. The van der Waals surface area contributed by atoms with Crippen LogP contribution in [0, 0.1) is 0 Å². The number of anilines is 2. The van der Waals surface area contributed by atoms with Crippen LogP contribution in [0.15, 0.2) is 36.5 Å². The third kappa shape index (κ3) is 3.19. The lowest BCUT2D eigenvalue weighted by molar-refractivity contribution is 0.0600. The molecule has 1 aromatic heterocycles. The minimum atomic E-state index is -0.424. The quantitative estimate of drug-likeness (QED) is 0.876. The number of hydrogen-bond donors (Lipinski definition) is 1. The van der Waals surface area contributed by atoms with Crippen LogP contribution in [0.2, 0.25) is 5.02 Å². The number of aromatic nitrogens is 1. The zero-order valence-electron chi connectivity index (χ0n) is 11.0. The average molecular weight is 293 g/mol. The average Bonchev–Trinajstić information content (AvgIpc) is 2.49. The first-order valence-corrected chi connectivity index (χ1v) is 6.17. The lowest BCUT2D eigenvalue weighted by Crippen LogP contribution is -2.03. The van der Waals surface area contributed by atoms with Gasteiger partial charge in [0.2, 0.25) is 0 Å². The summed E-state index contributed by atoms with van der Waals surface area (Å²) in [5, 5.41) is 3.56. The number of hydrogen-bond acceptors (Lipinski definition) is 5. The van der Waals surface area contributed by atoms with Crippen LogP contribution >= 0.6 is 11.6 Å². The van der Waals surface area contributed by atoms with Crippen molar-refractivity contribution in [2.24, 2.45) is 0 Å². The highest BCUT2D eigenvalue weighted by Gasteiger charge is 2.08. The Balaban J connectivity index is 2.28. The summed E-state index contributed by atoms with van der Waals surface area (Å²) in [4.78, 5) is 15.6.